The Hall–Kier alpha value is -1.63. The number of ether oxygens (including phenoxy) is 2. The van der Waals surface area contributed by atoms with Crippen molar-refractivity contribution >= 4 is 5.97 Å². The van der Waals surface area contributed by atoms with E-state index in [2.05, 4.69) is 9.80 Å². The second kappa shape index (κ2) is 7.77. The van der Waals surface area contributed by atoms with Crippen LogP contribution >= 0.6 is 0 Å². The van der Waals surface area contributed by atoms with Gasteiger partial charge in [0.1, 0.15) is 24.5 Å². The number of β-amino-alcohol motifs (C(OH)–C–C–N with tert-alkyl or cyclic N) is 1. The Kier molecular flexibility index (Phi) is 5.48. The summed E-state index contributed by atoms with van der Waals surface area (Å²) < 4.78 is 10.6. The average molecular weight is 320 g/mol. The van der Waals surface area contributed by atoms with Crippen molar-refractivity contribution in [3.63, 3.8) is 0 Å². The summed E-state index contributed by atoms with van der Waals surface area (Å²) in [6.45, 7) is 4.81. The molecule has 23 heavy (non-hydrogen) atoms. The first-order valence-corrected chi connectivity index (χ1v) is 8.21. The zero-order valence-corrected chi connectivity index (χ0v) is 13.3. The summed E-state index contributed by atoms with van der Waals surface area (Å²) in [6.07, 6.45) is 0.282. The van der Waals surface area contributed by atoms with Crippen LogP contribution in [0.3, 0.4) is 0 Å². The van der Waals surface area contributed by atoms with E-state index in [0.717, 1.165) is 38.3 Å². The number of para-hydroxylation sites is 1. The predicted molar refractivity (Wildman–Crippen MR) is 85.3 cm³/mol. The molecule has 2 atom stereocenters. The number of rotatable bonds is 6. The molecule has 6 heteroatoms. The number of hydrogen-bond donors (Lipinski definition) is 1. The Morgan fingerprint density at radius 1 is 1.22 bits per heavy atom. The molecule has 0 radical (unpaired) electrons. The fraction of sp³-hybridized carbons (Fsp3) is 0.588. The van der Waals surface area contributed by atoms with Gasteiger partial charge >= 0.3 is 5.97 Å². The zero-order valence-electron chi connectivity index (χ0n) is 13.3. The third-order valence-corrected chi connectivity index (χ3v) is 4.41. The second-order valence-corrected chi connectivity index (χ2v) is 6.09. The topological polar surface area (TPSA) is 62.2 Å². The highest BCUT2D eigenvalue weighted by Crippen LogP contribution is 2.16. The molecule has 0 spiro atoms. The van der Waals surface area contributed by atoms with Crippen molar-refractivity contribution in [3.8, 4) is 5.75 Å². The Morgan fingerprint density at radius 2 is 1.96 bits per heavy atom. The summed E-state index contributed by atoms with van der Waals surface area (Å²) in [7, 11) is 0. The molecule has 0 aromatic heterocycles. The monoisotopic (exact) mass is 320 g/mol. The minimum absolute atomic E-state index is 0.0662. The molecular weight excluding hydrogens is 296 g/mol. The number of cyclic esters (lactones) is 1. The van der Waals surface area contributed by atoms with Crippen LogP contribution < -0.4 is 4.74 Å². The van der Waals surface area contributed by atoms with Crippen LogP contribution in [-0.2, 0) is 9.53 Å². The molecule has 1 aromatic rings. The largest absolute Gasteiger partial charge is 0.491 e. The first kappa shape index (κ1) is 16.2. The van der Waals surface area contributed by atoms with Crippen molar-refractivity contribution in [2.45, 2.75) is 18.6 Å². The van der Waals surface area contributed by atoms with Crippen LogP contribution in [0, 0.1) is 0 Å². The highest BCUT2D eigenvalue weighted by molar-refractivity contribution is 5.77. The lowest BCUT2D eigenvalue weighted by Gasteiger charge is -2.37. The molecule has 0 amide bonds. The van der Waals surface area contributed by atoms with Crippen LogP contribution in [0.15, 0.2) is 30.3 Å². The van der Waals surface area contributed by atoms with Crippen molar-refractivity contribution in [1.29, 1.82) is 0 Å². The van der Waals surface area contributed by atoms with E-state index in [-0.39, 0.29) is 12.0 Å². The van der Waals surface area contributed by atoms with E-state index in [0.29, 0.717) is 19.8 Å². The lowest BCUT2D eigenvalue weighted by molar-refractivity contribution is -0.142. The Bertz CT molecular complexity index is 503. The molecule has 1 aromatic carbocycles. The van der Waals surface area contributed by atoms with E-state index in [1.165, 1.54) is 0 Å². The van der Waals surface area contributed by atoms with Gasteiger partial charge in [0.2, 0.25) is 0 Å². The number of esters is 1. The van der Waals surface area contributed by atoms with Crippen molar-refractivity contribution in [1.82, 2.24) is 9.80 Å². The Labute approximate surface area is 136 Å². The van der Waals surface area contributed by atoms with E-state index in [4.69, 9.17) is 9.47 Å². The number of carbonyl (C=O) groups is 1. The molecule has 2 heterocycles. The molecule has 2 fully saturated rings. The van der Waals surface area contributed by atoms with Crippen LogP contribution in [0.2, 0.25) is 0 Å². The SMILES string of the molecule is O=C1OCCC1N1CCN(CC(O)COc2ccccc2)CC1. The molecule has 1 N–H and O–H groups in total. The standard InChI is InChI=1S/C17H24N2O4/c20-14(13-23-15-4-2-1-3-5-15)12-18-7-9-19(10-8-18)16-6-11-22-17(16)21/h1-5,14,16,20H,6-13H2. The molecule has 3 rings (SSSR count). The van der Waals surface area contributed by atoms with Gasteiger partial charge in [-0.2, -0.15) is 0 Å². The predicted octanol–water partition coefficient (Wildman–Crippen LogP) is 0.359. The maximum atomic E-state index is 11.6. The first-order chi connectivity index (χ1) is 11.2. The number of aliphatic hydroxyl groups excluding tert-OH is 1. The minimum Gasteiger partial charge on any atom is -0.491 e. The van der Waals surface area contributed by atoms with Crippen LogP contribution in [-0.4, -0.2) is 79.0 Å². The maximum Gasteiger partial charge on any atom is 0.323 e. The van der Waals surface area contributed by atoms with Crippen LogP contribution in [0.5, 0.6) is 5.75 Å². The van der Waals surface area contributed by atoms with Gasteiger partial charge in [-0.05, 0) is 12.1 Å². The third kappa shape index (κ3) is 4.43. The van der Waals surface area contributed by atoms with Gasteiger partial charge in [-0.15, -0.1) is 0 Å². The summed E-state index contributed by atoms with van der Waals surface area (Å²) in [6, 6.07) is 9.45. The van der Waals surface area contributed by atoms with Gasteiger partial charge < -0.3 is 14.6 Å². The molecule has 126 valence electrons. The summed E-state index contributed by atoms with van der Waals surface area (Å²) in [5, 5.41) is 10.1. The molecule has 0 bridgehead atoms. The molecule has 2 aliphatic rings. The van der Waals surface area contributed by atoms with Crippen molar-refractivity contribution < 1.29 is 19.4 Å². The maximum absolute atomic E-state index is 11.6. The molecule has 2 unspecified atom stereocenters. The van der Waals surface area contributed by atoms with E-state index >= 15 is 0 Å². The van der Waals surface area contributed by atoms with E-state index in [9.17, 15) is 9.90 Å². The van der Waals surface area contributed by atoms with Crippen LogP contribution in [0.4, 0.5) is 0 Å². The van der Waals surface area contributed by atoms with Gasteiger partial charge in [-0.25, -0.2) is 0 Å². The second-order valence-electron chi connectivity index (χ2n) is 6.09. The molecule has 2 aliphatic heterocycles. The van der Waals surface area contributed by atoms with Gasteiger partial charge in [0, 0.05) is 39.1 Å². The van der Waals surface area contributed by atoms with Crippen LogP contribution in [0.25, 0.3) is 0 Å². The quantitative estimate of drug-likeness (QED) is 0.764. The van der Waals surface area contributed by atoms with E-state index in [1.54, 1.807) is 0 Å². The number of benzene rings is 1. The van der Waals surface area contributed by atoms with Crippen molar-refractivity contribution in [3.05, 3.63) is 30.3 Å². The number of nitrogens with zero attached hydrogens (tertiary/aromatic N) is 2. The minimum atomic E-state index is -0.516. The number of aliphatic hydroxyl groups is 1. The lowest BCUT2D eigenvalue weighted by atomic mass is 10.1. The third-order valence-electron chi connectivity index (χ3n) is 4.41. The number of carbonyl (C=O) groups excluding carboxylic acids is 1. The summed E-state index contributed by atoms with van der Waals surface area (Å²) >= 11 is 0. The smallest absolute Gasteiger partial charge is 0.323 e. The number of piperazine rings is 1. The summed E-state index contributed by atoms with van der Waals surface area (Å²) in [4.78, 5) is 16.0. The lowest BCUT2D eigenvalue weighted by Crippen LogP contribution is -2.53. The average Bonchev–Trinajstić information content (AvgIpc) is 3.01. The number of hydrogen-bond acceptors (Lipinski definition) is 6. The van der Waals surface area contributed by atoms with Gasteiger partial charge in [0.05, 0.1) is 6.61 Å². The van der Waals surface area contributed by atoms with Crippen molar-refractivity contribution in [2.75, 3.05) is 45.9 Å². The molecular formula is C17H24N2O4. The normalized spacial score (nSPS) is 24.4. The van der Waals surface area contributed by atoms with E-state index in [1.807, 2.05) is 30.3 Å². The summed E-state index contributed by atoms with van der Waals surface area (Å²) in [5.41, 5.74) is 0. The van der Waals surface area contributed by atoms with Crippen molar-refractivity contribution in [2.24, 2.45) is 0 Å². The Balaban J connectivity index is 1.37. The Morgan fingerprint density at radius 3 is 2.61 bits per heavy atom. The fourth-order valence-corrected chi connectivity index (χ4v) is 3.13. The van der Waals surface area contributed by atoms with Gasteiger partial charge in [-0.3, -0.25) is 14.6 Å². The fourth-order valence-electron chi connectivity index (χ4n) is 3.13. The molecule has 0 saturated carbocycles. The first-order valence-electron chi connectivity index (χ1n) is 8.21. The van der Waals surface area contributed by atoms with Gasteiger partial charge in [-0.1, -0.05) is 18.2 Å². The van der Waals surface area contributed by atoms with Gasteiger partial charge in [0.15, 0.2) is 0 Å². The van der Waals surface area contributed by atoms with Crippen LogP contribution in [0.1, 0.15) is 6.42 Å². The van der Waals surface area contributed by atoms with Gasteiger partial charge in [0.25, 0.3) is 0 Å². The highest BCUT2D eigenvalue weighted by Gasteiger charge is 2.34. The molecule has 6 nitrogen and oxygen atoms in total. The summed E-state index contributed by atoms with van der Waals surface area (Å²) in [5.74, 6) is 0.686. The van der Waals surface area contributed by atoms with E-state index < -0.39 is 6.10 Å². The highest BCUT2D eigenvalue weighted by atomic mass is 16.5. The zero-order chi connectivity index (χ0) is 16.1. The molecule has 0 aliphatic carbocycles. The molecule has 2 saturated heterocycles.